The second-order valence-corrected chi connectivity index (χ2v) is 13.8. The normalized spacial score (nSPS) is 19.3. The average Bonchev–Trinajstić information content (AvgIpc) is 3.11. The second-order valence-electron chi connectivity index (χ2n) is 13.8. The molecule has 0 aliphatic carbocycles. The first-order valence-electron chi connectivity index (χ1n) is 19.4. The molecule has 0 fully saturated rings. The first kappa shape index (κ1) is 53.7. The molecule has 13 atom stereocenters. The quantitative estimate of drug-likeness (QED) is 0.0693. The zero-order chi connectivity index (χ0) is 41.8. The van der Waals surface area contributed by atoms with Crippen molar-refractivity contribution >= 4 is 6.16 Å². The number of ether oxygens (including phenoxy) is 15. The molecule has 0 aromatic heterocycles. The van der Waals surface area contributed by atoms with Crippen molar-refractivity contribution in [1.82, 2.24) is 0 Å². The fourth-order valence-electron chi connectivity index (χ4n) is 4.37. The first-order chi connectivity index (χ1) is 25.9. The lowest BCUT2D eigenvalue weighted by molar-refractivity contribution is -0.305. The van der Waals surface area contributed by atoms with Gasteiger partial charge in [0.2, 0.25) is 0 Å². The van der Waals surface area contributed by atoms with Crippen LogP contribution in [0.25, 0.3) is 0 Å². The Morgan fingerprint density at radius 1 is 0.418 bits per heavy atom. The summed E-state index contributed by atoms with van der Waals surface area (Å²) in [5.41, 5.74) is 0. The van der Waals surface area contributed by atoms with Gasteiger partial charge in [-0.1, -0.05) is 0 Å². The van der Waals surface area contributed by atoms with Gasteiger partial charge < -0.3 is 76.2 Å². The molecular weight excluding hydrogens is 728 g/mol. The van der Waals surface area contributed by atoms with Gasteiger partial charge in [-0.05, 0) is 83.1 Å². The van der Waals surface area contributed by atoms with E-state index in [1.807, 2.05) is 41.5 Å². The molecule has 55 heavy (non-hydrogen) atoms. The molecule has 0 bridgehead atoms. The number of carbonyl (C=O) groups excluding carboxylic acids is 1. The van der Waals surface area contributed by atoms with Crippen molar-refractivity contribution in [3.63, 3.8) is 0 Å². The summed E-state index contributed by atoms with van der Waals surface area (Å²) in [6, 6.07) is 0. The number of carbonyl (C=O) groups is 1. The Morgan fingerprint density at radius 2 is 0.800 bits per heavy atom. The zero-order valence-electron chi connectivity index (χ0n) is 36.1. The van der Waals surface area contributed by atoms with E-state index in [9.17, 15) is 9.90 Å². The van der Waals surface area contributed by atoms with Gasteiger partial charge in [0.15, 0.2) is 25.2 Å². The molecule has 0 aliphatic rings. The fourth-order valence-corrected chi connectivity index (χ4v) is 4.37. The Balaban J connectivity index is 4.46. The summed E-state index contributed by atoms with van der Waals surface area (Å²) in [6.45, 7) is 24.6. The van der Waals surface area contributed by atoms with Crippen LogP contribution in [0.15, 0.2) is 0 Å². The topological polar surface area (TPSA) is 176 Å². The standard InChI is InChI=1S/C38H76O17/c1-25(41-13)17-45-27(3)15-43-23-37(49-20-30(6)46-18-26(2)42-14)24-44-16-28(4)47-19-29(5)48-21-32(8)52-38(40)50-22-31(7)51-34(10)54-36(12)55-35(11)53-33(9)39/h25-37,39H,15-24H2,1-14H3. The van der Waals surface area contributed by atoms with Gasteiger partial charge >= 0.3 is 6.16 Å². The molecule has 0 saturated carbocycles. The van der Waals surface area contributed by atoms with Crippen LogP contribution in [0.2, 0.25) is 0 Å². The minimum atomic E-state index is -0.966. The maximum absolute atomic E-state index is 12.2. The molecule has 0 heterocycles. The Morgan fingerprint density at radius 3 is 1.25 bits per heavy atom. The molecule has 0 rings (SSSR count). The molecule has 330 valence electrons. The predicted octanol–water partition coefficient (Wildman–Crippen LogP) is 4.47. The lowest BCUT2D eigenvalue weighted by Crippen LogP contribution is -2.33. The number of methoxy groups -OCH3 is 2. The molecule has 17 heteroatoms. The third-order valence-corrected chi connectivity index (χ3v) is 7.46. The van der Waals surface area contributed by atoms with Crippen LogP contribution in [0.1, 0.15) is 83.1 Å². The summed E-state index contributed by atoms with van der Waals surface area (Å²) < 4.78 is 84.1. The van der Waals surface area contributed by atoms with Crippen LogP contribution < -0.4 is 0 Å². The Hall–Kier alpha value is -1.29. The van der Waals surface area contributed by atoms with Gasteiger partial charge in [-0.25, -0.2) is 4.79 Å². The van der Waals surface area contributed by atoms with E-state index in [-0.39, 0.29) is 55.9 Å². The monoisotopic (exact) mass is 805 g/mol. The molecule has 0 aromatic carbocycles. The Kier molecular flexibility index (Phi) is 31.9. The Labute approximate surface area is 330 Å². The van der Waals surface area contributed by atoms with Crippen LogP contribution >= 0.6 is 0 Å². The highest BCUT2D eigenvalue weighted by Crippen LogP contribution is 2.10. The molecule has 0 amide bonds. The lowest BCUT2D eigenvalue weighted by atomic mass is 10.3. The number of rotatable bonds is 36. The van der Waals surface area contributed by atoms with Crippen molar-refractivity contribution in [2.24, 2.45) is 0 Å². The second kappa shape index (κ2) is 32.6. The van der Waals surface area contributed by atoms with Crippen LogP contribution in [0.5, 0.6) is 0 Å². The van der Waals surface area contributed by atoms with Crippen molar-refractivity contribution < 1.29 is 81.0 Å². The summed E-state index contributed by atoms with van der Waals surface area (Å²) in [4.78, 5) is 12.2. The van der Waals surface area contributed by atoms with Crippen molar-refractivity contribution in [2.75, 3.05) is 80.3 Å². The summed E-state index contributed by atoms with van der Waals surface area (Å²) in [5.74, 6) is 0. The van der Waals surface area contributed by atoms with E-state index in [1.54, 1.807) is 48.8 Å². The molecule has 0 saturated heterocycles. The van der Waals surface area contributed by atoms with Gasteiger partial charge in [-0.3, -0.25) is 0 Å². The number of aliphatic hydroxyl groups is 1. The third kappa shape index (κ3) is 32.4. The van der Waals surface area contributed by atoms with Crippen molar-refractivity contribution in [3.8, 4) is 0 Å². The summed E-state index contributed by atoms with van der Waals surface area (Å²) in [7, 11) is 3.30. The molecule has 0 aliphatic heterocycles. The van der Waals surface area contributed by atoms with Crippen molar-refractivity contribution in [2.45, 2.75) is 163 Å². The summed E-state index contributed by atoms with van der Waals surface area (Å²) >= 11 is 0. The fraction of sp³-hybridized carbons (Fsp3) is 0.974. The van der Waals surface area contributed by atoms with Gasteiger partial charge in [0.25, 0.3) is 0 Å². The summed E-state index contributed by atoms with van der Waals surface area (Å²) in [6.07, 6.45) is -5.90. The van der Waals surface area contributed by atoms with E-state index in [0.717, 1.165) is 0 Å². The largest absolute Gasteiger partial charge is 0.508 e. The van der Waals surface area contributed by atoms with Gasteiger partial charge in [0.1, 0.15) is 18.8 Å². The zero-order valence-corrected chi connectivity index (χ0v) is 36.1. The highest BCUT2D eigenvalue weighted by atomic mass is 16.8. The van der Waals surface area contributed by atoms with Gasteiger partial charge in [0, 0.05) is 14.2 Å². The predicted molar refractivity (Wildman–Crippen MR) is 202 cm³/mol. The van der Waals surface area contributed by atoms with Crippen LogP contribution in [-0.4, -0.2) is 172 Å². The van der Waals surface area contributed by atoms with E-state index in [4.69, 9.17) is 71.1 Å². The van der Waals surface area contributed by atoms with Gasteiger partial charge in [0.05, 0.1) is 102 Å². The first-order valence-corrected chi connectivity index (χ1v) is 19.4. The molecule has 0 radical (unpaired) electrons. The van der Waals surface area contributed by atoms with Crippen LogP contribution in [-0.2, 0) is 71.1 Å². The minimum Gasteiger partial charge on any atom is -0.432 e. The van der Waals surface area contributed by atoms with E-state index in [1.165, 1.54) is 6.92 Å². The average molecular weight is 805 g/mol. The number of hydrogen-bond donors (Lipinski definition) is 1. The number of aliphatic hydroxyl groups excluding tert-OH is 1. The lowest BCUT2D eigenvalue weighted by Gasteiger charge is -2.25. The smallest absolute Gasteiger partial charge is 0.432 e. The van der Waals surface area contributed by atoms with Crippen molar-refractivity contribution in [1.29, 1.82) is 0 Å². The van der Waals surface area contributed by atoms with E-state index in [0.29, 0.717) is 52.9 Å². The minimum absolute atomic E-state index is 0.00509. The van der Waals surface area contributed by atoms with E-state index in [2.05, 4.69) is 0 Å². The van der Waals surface area contributed by atoms with E-state index < -0.39 is 43.5 Å². The van der Waals surface area contributed by atoms with E-state index >= 15 is 0 Å². The number of hydrogen-bond acceptors (Lipinski definition) is 17. The highest BCUT2D eigenvalue weighted by molar-refractivity contribution is 5.60. The maximum atomic E-state index is 12.2. The molecule has 0 aromatic rings. The van der Waals surface area contributed by atoms with Crippen molar-refractivity contribution in [3.05, 3.63) is 0 Å². The van der Waals surface area contributed by atoms with Crippen LogP contribution in [0, 0.1) is 0 Å². The highest BCUT2D eigenvalue weighted by Gasteiger charge is 2.20. The third-order valence-electron chi connectivity index (χ3n) is 7.46. The SMILES string of the molecule is COC(C)COC(C)COCC(COCC(C)OCC(C)OCC(C)OC(=O)OCC(C)OC(C)OC(C)OC(C)OC(C)O)OCC(C)OCC(C)OC. The molecule has 17 nitrogen and oxygen atoms in total. The molecule has 13 unspecified atom stereocenters. The Bertz CT molecular complexity index is 901. The molecule has 1 N–H and O–H groups in total. The van der Waals surface area contributed by atoms with Crippen LogP contribution in [0.4, 0.5) is 4.79 Å². The summed E-state index contributed by atoms with van der Waals surface area (Å²) in [5, 5.41) is 9.27. The van der Waals surface area contributed by atoms with Gasteiger partial charge in [-0.2, -0.15) is 0 Å². The maximum Gasteiger partial charge on any atom is 0.508 e. The molecule has 0 spiro atoms. The van der Waals surface area contributed by atoms with Gasteiger partial charge in [-0.15, -0.1) is 0 Å². The molecular formula is C38H76O17. The van der Waals surface area contributed by atoms with Crippen LogP contribution in [0.3, 0.4) is 0 Å².